The van der Waals surface area contributed by atoms with Gasteiger partial charge >= 0.3 is 0 Å². The van der Waals surface area contributed by atoms with Crippen molar-refractivity contribution in [2.75, 3.05) is 5.32 Å². The standard InChI is InChI=1S/C17H14N2OS2/c20-17(19-14-4-2-1-3-5-14)16-15(8-11-21-16)22-12-13-6-9-18-10-7-13/h1-11H,12H2,(H,19,20). The van der Waals surface area contributed by atoms with Gasteiger partial charge in [-0.25, -0.2) is 0 Å². The maximum absolute atomic E-state index is 12.4. The van der Waals surface area contributed by atoms with E-state index in [4.69, 9.17) is 0 Å². The van der Waals surface area contributed by atoms with Gasteiger partial charge in [-0.1, -0.05) is 18.2 Å². The van der Waals surface area contributed by atoms with Crippen LogP contribution in [0.3, 0.4) is 0 Å². The summed E-state index contributed by atoms with van der Waals surface area (Å²) in [5, 5.41) is 4.88. The van der Waals surface area contributed by atoms with E-state index in [1.54, 1.807) is 24.2 Å². The number of benzene rings is 1. The average molecular weight is 326 g/mol. The highest BCUT2D eigenvalue weighted by Crippen LogP contribution is 2.30. The summed E-state index contributed by atoms with van der Waals surface area (Å²) in [6.45, 7) is 0. The molecule has 0 fully saturated rings. The largest absolute Gasteiger partial charge is 0.321 e. The zero-order chi connectivity index (χ0) is 15.2. The summed E-state index contributed by atoms with van der Waals surface area (Å²) in [4.78, 5) is 18.2. The Morgan fingerprint density at radius 1 is 1.09 bits per heavy atom. The van der Waals surface area contributed by atoms with Gasteiger partial charge < -0.3 is 5.32 Å². The molecule has 3 nitrogen and oxygen atoms in total. The van der Waals surface area contributed by atoms with E-state index in [1.165, 1.54) is 16.9 Å². The monoisotopic (exact) mass is 326 g/mol. The van der Waals surface area contributed by atoms with Crippen LogP contribution in [0.25, 0.3) is 0 Å². The Hall–Kier alpha value is -2.11. The smallest absolute Gasteiger partial charge is 0.266 e. The minimum atomic E-state index is -0.0570. The van der Waals surface area contributed by atoms with E-state index in [1.807, 2.05) is 53.9 Å². The molecule has 0 spiro atoms. The van der Waals surface area contributed by atoms with Crippen LogP contribution in [0.15, 0.2) is 71.2 Å². The molecule has 110 valence electrons. The first-order chi connectivity index (χ1) is 10.8. The molecular weight excluding hydrogens is 312 g/mol. The van der Waals surface area contributed by atoms with E-state index in [9.17, 15) is 4.79 Å². The van der Waals surface area contributed by atoms with Crippen LogP contribution in [0, 0.1) is 0 Å². The van der Waals surface area contributed by atoms with Gasteiger partial charge in [0, 0.05) is 28.7 Å². The number of carbonyl (C=O) groups excluding carboxylic acids is 1. The van der Waals surface area contributed by atoms with Crippen molar-refractivity contribution in [1.29, 1.82) is 0 Å². The first-order valence-electron chi connectivity index (χ1n) is 6.78. The Morgan fingerprint density at radius 3 is 2.64 bits per heavy atom. The molecule has 0 saturated carbocycles. The predicted molar refractivity (Wildman–Crippen MR) is 92.5 cm³/mol. The van der Waals surface area contributed by atoms with Crippen LogP contribution >= 0.6 is 23.1 Å². The molecule has 1 amide bonds. The number of pyridine rings is 1. The summed E-state index contributed by atoms with van der Waals surface area (Å²) >= 11 is 3.13. The molecule has 5 heteroatoms. The third-order valence-electron chi connectivity index (χ3n) is 3.01. The normalized spacial score (nSPS) is 10.4. The Balaban J connectivity index is 1.68. The number of hydrogen-bond donors (Lipinski definition) is 1. The molecule has 3 aromatic rings. The molecule has 1 aromatic carbocycles. The zero-order valence-electron chi connectivity index (χ0n) is 11.7. The van der Waals surface area contributed by atoms with Gasteiger partial charge in [-0.05, 0) is 41.3 Å². The van der Waals surface area contributed by atoms with E-state index in [0.717, 1.165) is 21.2 Å². The van der Waals surface area contributed by atoms with Gasteiger partial charge in [0.25, 0.3) is 5.91 Å². The van der Waals surface area contributed by atoms with Crippen molar-refractivity contribution >= 4 is 34.7 Å². The molecule has 0 aliphatic rings. The van der Waals surface area contributed by atoms with Crippen LogP contribution in [0.2, 0.25) is 0 Å². The summed E-state index contributed by atoms with van der Waals surface area (Å²) in [5.74, 6) is 0.767. The Morgan fingerprint density at radius 2 is 1.86 bits per heavy atom. The highest BCUT2D eigenvalue weighted by molar-refractivity contribution is 7.98. The minimum Gasteiger partial charge on any atom is -0.321 e. The van der Waals surface area contributed by atoms with Gasteiger partial charge in [0.1, 0.15) is 4.88 Å². The van der Waals surface area contributed by atoms with Crippen molar-refractivity contribution in [3.63, 3.8) is 0 Å². The van der Waals surface area contributed by atoms with Gasteiger partial charge in [0.15, 0.2) is 0 Å². The van der Waals surface area contributed by atoms with Crippen molar-refractivity contribution in [2.24, 2.45) is 0 Å². The number of nitrogens with one attached hydrogen (secondary N) is 1. The lowest BCUT2D eigenvalue weighted by Crippen LogP contribution is -2.10. The van der Waals surface area contributed by atoms with Crippen LogP contribution in [-0.4, -0.2) is 10.9 Å². The molecule has 0 bridgehead atoms. The number of nitrogens with zero attached hydrogens (tertiary/aromatic N) is 1. The molecule has 0 radical (unpaired) electrons. The van der Waals surface area contributed by atoms with Crippen molar-refractivity contribution in [1.82, 2.24) is 4.98 Å². The lowest BCUT2D eigenvalue weighted by molar-refractivity contribution is 0.102. The summed E-state index contributed by atoms with van der Waals surface area (Å²) in [5.41, 5.74) is 2.01. The molecule has 0 aliphatic heterocycles. The quantitative estimate of drug-likeness (QED) is 0.692. The van der Waals surface area contributed by atoms with E-state index >= 15 is 0 Å². The first kappa shape index (κ1) is 14.8. The second-order valence-corrected chi connectivity index (χ2v) is 6.51. The van der Waals surface area contributed by atoms with E-state index in [0.29, 0.717) is 0 Å². The summed E-state index contributed by atoms with van der Waals surface area (Å²) in [6, 6.07) is 15.5. The van der Waals surface area contributed by atoms with Crippen LogP contribution in [0.1, 0.15) is 15.2 Å². The SMILES string of the molecule is O=C(Nc1ccccc1)c1sccc1SCc1ccncc1. The van der Waals surface area contributed by atoms with Crippen molar-refractivity contribution < 1.29 is 4.79 Å². The molecule has 0 unspecified atom stereocenters. The highest BCUT2D eigenvalue weighted by Gasteiger charge is 2.13. The second-order valence-electron chi connectivity index (χ2n) is 4.58. The maximum atomic E-state index is 12.4. The number of amides is 1. The molecule has 2 aromatic heterocycles. The van der Waals surface area contributed by atoms with Gasteiger partial charge in [-0.3, -0.25) is 9.78 Å². The third-order valence-corrected chi connectivity index (χ3v) is 5.18. The van der Waals surface area contributed by atoms with Crippen molar-refractivity contribution in [2.45, 2.75) is 10.6 Å². The summed E-state index contributed by atoms with van der Waals surface area (Å²) in [7, 11) is 0. The number of aromatic nitrogens is 1. The van der Waals surface area contributed by atoms with E-state index in [2.05, 4.69) is 10.3 Å². The fourth-order valence-corrected chi connectivity index (χ4v) is 3.92. The van der Waals surface area contributed by atoms with Crippen LogP contribution in [-0.2, 0) is 5.75 Å². The van der Waals surface area contributed by atoms with E-state index < -0.39 is 0 Å². The lowest BCUT2D eigenvalue weighted by Gasteiger charge is -2.06. The molecule has 0 saturated heterocycles. The molecule has 0 atom stereocenters. The Labute approximate surface area is 137 Å². The number of anilines is 1. The van der Waals surface area contributed by atoms with E-state index in [-0.39, 0.29) is 5.91 Å². The fraction of sp³-hybridized carbons (Fsp3) is 0.0588. The van der Waals surface area contributed by atoms with Gasteiger partial charge in [-0.2, -0.15) is 0 Å². The summed E-state index contributed by atoms with van der Waals surface area (Å²) in [6.07, 6.45) is 3.57. The highest BCUT2D eigenvalue weighted by atomic mass is 32.2. The van der Waals surface area contributed by atoms with Crippen LogP contribution in [0.5, 0.6) is 0 Å². The third kappa shape index (κ3) is 3.75. The Bertz CT molecular complexity index is 742. The summed E-state index contributed by atoms with van der Waals surface area (Å²) < 4.78 is 0. The zero-order valence-corrected chi connectivity index (χ0v) is 13.4. The lowest BCUT2D eigenvalue weighted by atomic mass is 10.3. The predicted octanol–water partition coefficient (Wildman–Crippen LogP) is 4.69. The topological polar surface area (TPSA) is 42.0 Å². The number of para-hydroxylation sites is 1. The van der Waals surface area contributed by atoms with Gasteiger partial charge in [0.2, 0.25) is 0 Å². The molecule has 2 heterocycles. The number of rotatable bonds is 5. The first-order valence-corrected chi connectivity index (χ1v) is 8.65. The second kappa shape index (κ2) is 7.24. The molecule has 0 aliphatic carbocycles. The molecule has 3 rings (SSSR count). The number of thiophene rings is 1. The number of carbonyl (C=O) groups is 1. The number of hydrogen-bond acceptors (Lipinski definition) is 4. The van der Waals surface area contributed by atoms with Crippen molar-refractivity contribution in [3.8, 4) is 0 Å². The molecular formula is C17H14N2OS2. The fourth-order valence-electron chi connectivity index (χ4n) is 1.93. The molecule has 1 N–H and O–H groups in total. The average Bonchev–Trinajstić information content (AvgIpc) is 3.03. The molecule has 22 heavy (non-hydrogen) atoms. The van der Waals surface area contributed by atoms with Gasteiger partial charge in [0.05, 0.1) is 0 Å². The van der Waals surface area contributed by atoms with Crippen molar-refractivity contribution in [3.05, 3.63) is 76.7 Å². The van der Waals surface area contributed by atoms with Crippen LogP contribution in [0.4, 0.5) is 5.69 Å². The van der Waals surface area contributed by atoms with Crippen LogP contribution < -0.4 is 5.32 Å². The maximum Gasteiger partial charge on any atom is 0.266 e. The Kier molecular flexibility index (Phi) is 4.88. The number of thioether (sulfide) groups is 1. The minimum absolute atomic E-state index is 0.0570. The van der Waals surface area contributed by atoms with Gasteiger partial charge in [-0.15, -0.1) is 23.1 Å².